The molecule has 0 N–H and O–H groups in total. The van der Waals surface area contributed by atoms with Gasteiger partial charge in [-0.15, -0.1) is 0 Å². The summed E-state index contributed by atoms with van der Waals surface area (Å²) >= 11 is 3.16. The van der Waals surface area contributed by atoms with E-state index >= 15 is 0 Å². The molecule has 8 heteroatoms. The third kappa shape index (κ3) is 3.95. The number of halogens is 2. The van der Waals surface area contributed by atoms with Crippen molar-refractivity contribution in [1.29, 1.82) is 0 Å². The molecular weight excluding hydrogens is 337 g/mol. The van der Waals surface area contributed by atoms with E-state index in [-0.39, 0.29) is 5.82 Å². The van der Waals surface area contributed by atoms with Crippen molar-refractivity contribution in [2.24, 2.45) is 0 Å². The molecule has 0 unspecified atom stereocenters. The van der Waals surface area contributed by atoms with Gasteiger partial charge in [-0.05, 0) is 22.0 Å². The van der Waals surface area contributed by atoms with Gasteiger partial charge in [-0.3, -0.25) is 9.88 Å². The van der Waals surface area contributed by atoms with Crippen molar-refractivity contribution in [3.8, 4) is 0 Å². The van der Waals surface area contributed by atoms with Crippen LogP contribution in [0.1, 0.15) is 5.69 Å². The molecule has 1 fully saturated rings. The van der Waals surface area contributed by atoms with Crippen molar-refractivity contribution in [3.63, 3.8) is 0 Å². The van der Waals surface area contributed by atoms with E-state index in [0.717, 1.165) is 0 Å². The summed E-state index contributed by atoms with van der Waals surface area (Å²) in [5.74, 6) is -0.347. The zero-order chi connectivity index (χ0) is 14.0. The van der Waals surface area contributed by atoms with E-state index in [1.54, 1.807) is 6.20 Å². The van der Waals surface area contributed by atoms with Crippen LogP contribution >= 0.6 is 15.9 Å². The molecule has 2 rings (SSSR count). The molecule has 0 amide bonds. The summed E-state index contributed by atoms with van der Waals surface area (Å²) in [5, 5.41) is 0. The minimum atomic E-state index is -3.13. The Morgan fingerprint density at radius 2 is 2.00 bits per heavy atom. The Kier molecular flexibility index (Phi) is 4.54. The van der Waals surface area contributed by atoms with Gasteiger partial charge in [0.15, 0.2) is 0 Å². The molecule has 0 spiro atoms. The van der Waals surface area contributed by atoms with Gasteiger partial charge in [0, 0.05) is 43.4 Å². The van der Waals surface area contributed by atoms with E-state index in [0.29, 0.717) is 42.9 Å². The first kappa shape index (κ1) is 14.8. The highest BCUT2D eigenvalue weighted by molar-refractivity contribution is 9.10. The number of nitrogens with zero attached hydrogens (tertiary/aromatic N) is 3. The van der Waals surface area contributed by atoms with E-state index < -0.39 is 10.0 Å². The molecule has 0 atom stereocenters. The summed E-state index contributed by atoms with van der Waals surface area (Å²) in [4.78, 5) is 6.05. The summed E-state index contributed by atoms with van der Waals surface area (Å²) < 4.78 is 38.4. The first-order chi connectivity index (χ1) is 8.86. The van der Waals surface area contributed by atoms with Crippen molar-refractivity contribution in [1.82, 2.24) is 14.2 Å². The lowest BCUT2D eigenvalue weighted by molar-refractivity contribution is 0.178. The molecule has 5 nitrogen and oxygen atoms in total. The Bertz CT molecular complexity index is 559. The van der Waals surface area contributed by atoms with Crippen LogP contribution in [0.25, 0.3) is 0 Å². The Morgan fingerprint density at radius 3 is 2.53 bits per heavy atom. The zero-order valence-corrected chi connectivity index (χ0v) is 12.9. The number of rotatable bonds is 3. The van der Waals surface area contributed by atoms with Gasteiger partial charge in [0.1, 0.15) is 5.82 Å². The minimum absolute atomic E-state index is 0.347. The van der Waals surface area contributed by atoms with Crippen LogP contribution in [0.2, 0.25) is 0 Å². The van der Waals surface area contributed by atoms with E-state index in [4.69, 9.17) is 0 Å². The molecule has 0 radical (unpaired) electrons. The highest BCUT2D eigenvalue weighted by Gasteiger charge is 2.24. The highest BCUT2D eigenvalue weighted by atomic mass is 79.9. The smallest absolute Gasteiger partial charge is 0.211 e. The fourth-order valence-corrected chi connectivity index (χ4v) is 3.12. The molecule has 0 aromatic carbocycles. The molecule has 106 valence electrons. The number of hydrogen-bond donors (Lipinski definition) is 0. The van der Waals surface area contributed by atoms with Gasteiger partial charge in [0.25, 0.3) is 0 Å². The fraction of sp³-hybridized carbons (Fsp3) is 0.545. The molecule has 0 aliphatic carbocycles. The highest BCUT2D eigenvalue weighted by Crippen LogP contribution is 2.15. The van der Waals surface area contributed by atoms with Crippen molar-refractivity contribution in [3.05, 3.63) is 28.2 Å². The van der Waals surface area contributed by atoms with E-state index in [9.17, 15) is 12.8 Å². The molecule has 1 aromatic rings. The zero-order valence-electron chi connectivity index (χ0n) is 10.5. The molecule has 1 aromatic heterocycles. The minimum Gasteiger partial charge on any atom is -0.295 e. The summed E-state index contributed by atoms with van der Waals surface area (Å²) in [7, 11) is -3.13. The Morgan fingerprint density at radius 1 is 1.37 bits per heavy atom. The van der Waals surface area contributed by atoms with Gasteiger partial charge in [-0.25, -0.2) is 12.8 Å². The topological polar surface area (TPSA) is 53.5 Å². The average molecular weight is 352 g/mol. The van der Waals surface area contributed by atoms with Gasteiger partial charge in [0.2, 0.25) is 10.0 Å². The second kappa shape index (κ2) is 5.82. The number of piperazine rings is 1. The van der Waals surface area contributed by atoms with Crippen LogP contribution in [-0.4, -0.2) is 55.0 Å². The maximum atomic E-state index is 13.6. The quantitative estimate of drug-likeness (QED) is 0.817. The Balaban J connectivity index is 1.96. The van der Waals surface area contributed by atoms with Crippen LogP contribution < -0.4 is 0 Å². The van der Waals surface area contributed by atoms with Crippen LogP contribution in [0.5, 0.6) is 0 Å². The van der Waals surface area contributed by atoms with E-state index in [1.165, 1.54) is 16.6 Å². The average Bonchev–Trinajstić information content (AvgIpc) is 2.32. The number of pyridine rings is 1. The van der Waals surface area contributed by atoms with Crippen LogP contribution in [0, 0.1) is 5.82 Å². The predicted octanol–water partition coefficient (Wildman–Crippen LogP) is 1.06. The lowest BCUT2D eigenvalue weighted by atomic mass is 10.3. The van der Waals surface area contributed by atoms with E-state index in [1.807, 2.05) is 4.90 Å². The van der Waals surface area contributed by atoms with E-state index in [2.05, 4.69) is 20.9 Å². The molecule has 1 saturated heterocycles. The SMILES string of the molecule is CS(=O)(=O)N1CCN(Cc2ncc(Br)cc2F)CC1. The molecule has 1 aliphatic rings. The molecular formula is C11H15BrFN3O2S. The number of hydrogen-bond acceptors (Lipinski definition) is 4. The number of sulfonamides is 1. The Labute approximate surface area is 120 Å². The predicted molar refractivity (Wildman–Crippen MR) is 73.6 cm³/mol. The Hall–Kier alpha value is -0.570. The maximum absolute atomic E-state index is 13.6. The third-order valence-corrected chi connectivity index (χ3v) is 4.79. The molecule has 2 heterocycles. The summed E-state index contributed by atoms with van der Waals surface area (Å²) in [6.07, 6.45) is 2.77. The van der Waals surface area contributed by atoms with Crippen LogP contribution in [0.3, 0.4) is 0 Å². The van der Waals surface area contributed by atoms with Crippen molar-refractivity contribution < 1.29 is 12.8 Å². The van der Waals surface area contributed by atoms with Gasteiger partial charge in [-0.1, -0.05) is 0 Å². The van der Waals surface area contributed by atoms with Crippen molar-refractivity contribution in [2.75, 3.05) is 32.4 Å². The molecule has 0 bridgehead atoms. The first-order valence-electron chi connectivity index (χ1n) is 5.83. The third-order valence-electron chi connectivity index (χ3n) is 3.06. The number of aromatic nitrogens is 1. The standard InChI is InChI=1S/C11H15BrFN3O2S/c1-19(17,18)16-4-2-15(3-5-16)8-11-10(13)6-9(12)7-14-11/h6-7H,2-5,8H2,1H3. The summed E-state index contributed by atoms with van der Waals surface area (Å²) in [6.45, 7) is 2.46. The van der Waals surface area contributed by atoms with Crippen molar-refractivity contribution in [2.45, 2.75) is 6.54 Å². The second-order valence-electron chi connectivity index (χ2n) is 4.52. The maximum Gasteiger partial charge on any atom is 0.211 e. The fourth-order valence-electron chi connectivity index (χ4n) is 1.99. The lowest BCUT2D eigenvalue weighted by Crippen LogP contribution is -2.47. The first-order valence-corrected chi connectivity index (χ1v) is 8.48. The van der Waals surface area contributed by atoms with Gasteiger partial charge in [-0.2, -0.15) is 4.31 Å². The molecule has 19 heavy (non-hydrogen) atoms. The van der Waals surface area contributed by atoms with Gasteiger partial charge in [0.05, 0.1) is 11.9 Å². The van der Waals surface area contributed by atoms with Crippen LogP contribution in [-0.2, 0) is 16.6 Å². The molecule has 0 saturated carbocycles. The van der Waals surface area contributed by atoms with Gasteiger partial charge >= 0.3 is 0 Å². The van der Waals surface area contributed by atoms with Gasteiger partial charge < -0.3 is 0 Å². The molecule has 1 aliphatic heterocycles. The second-order valence-corrected chi connectivity index (χ2v) is 7.42. The summed E-state index contributed by atoms with van der Waals surface area (Å²) in [6, 6.07) is 1.38. The normalized spacial score (nSPS) is 18.7. The van der Waals surface area contributed by atoms with Crippen molar-refractivity contribution >= 4 is 26.0 Å². The van der Waals surface area contributed by atoms with Crippen LogP contribution in [0.4, 0.5) is 4.39 Å². The summed E-state index contributed by atoms with van der Waals surface area (Å²) in [5.41, 5.74) is 0.385. The monoisotopic (exact) mass is 351 g/mol. The largest absolute Gasteiger partial charge is 0.295 e. The van der Waals surface area contributed by atoms with Crippen LogP contribution in [0.15, 0.2) is 16.7 Å². The lowest BCUT2D eigenvalue weighted by Gasteiger charge is -2.32.